The van der Waals surface area contributed by atoms with Gasteiger partial charge in [-0.15, -0.1) is 0 Å². The standard InChI is InChI=1S/C14H22O2/c1-16-14(10-6-3-7-11-14)13(15)12-8-4-2-5-9-12/h8H,2-7,9-11H2,1H3. The molecule has 0 heterocycles. The molecule has 2 aliphatic rings. The molecule has 16 heavy (non-hydrogen) atoms. The lowest BCUT2D eigenvalue weighted by atomic mass is 9.77. The number of hydrogen-bond donors (Lipinski definition) is 0. The van der Waals surface area contributed by atoms with Crippen LogP contribution in [0.5, 0.6) is 0 Å². The van der Waals surface area contributed by atoms with Crippen LogP contribution in [0.2, 0.25) is 0 Å². The number of carbonyl (C=O) groups is 1. The molecule has 1 saturated carbocycles. The molecule has 0 amide bonds. The van der Waals surface area contributed by atoms with Crippen LogP contribution in [0.3, 0.4) is 0 Å². The molecule has 0 atom stereocenters. The molecule has 2 heteroatoms. The van der Waals surface area contributed by atoms with Crippen molar-refractivity contribution in [3.8, 4) is 0 Å². The van der Waals surface area contributed by atoms with Crippen LogP contribution in [0, 0.1) is 0 Å². The number of ketones is 1. The first-order valence-corrected chi connectivity index (χ1v) is 6.57. The quantitative estimate of drug-likeness (QED) is 0.731. The van der Waals surface area contributed by atoms with Crippen molar-refractivity contribution < 1.29 is 9.53 Å². The average Bonchev–Trinajstić information content (AvgIpc) is 2.39. The fourth-order valence-electron chi connectivity index (χ4n) is 2.98. The molecule has 2 rings (SSSR count). The summed E-state index contributed by atoms with van der Waals surface area (Å²) in [6.07, 6.45) is 11.9. The minimum atomic E-state index is -0.471. The van der Waals surface area contributed by atoms with Crippen molar-refractivity contribution in [3.05, 3.63) is 11.6 Å². The summed E-state index contributed by atoms with van der Waals surface area (Å²) in [6, 6.07) is 0. The van der Waals surface area contributed by atoms with Crippen molar-refractivity contribution in [1.29, 1.82) is 0 Å². The Morgan fingerprint density at radius 2 is 1.94 bits per heavy atom. The van der Waals surface area contributed by atoms with Crippen LogP contribution in [0.4, 0.5) is 0 Å². The van der Waals surface area contributed by atoms with Crippen LogP contribution >= 0.6 is 0 Å². The van der Waals surface area contributed by atoms with E-state index in [0.29, 0.717) is 0 Å². The van der Waals surface area contributed by atoms with Gasteiger partial charge in [-0.25, -0.2) is 0 Å². The Labute approximate surface area is 98.1 Å². The summed E-state index contributed by atoms with van der Waals surface area (Å²) < 4.78 is 5.60. The molecule has 0 aromatic heterocycles. The highest BCUT2D eigenvalue weighted by atomic mass is 16.5. The van der Waals surface area contributed by atoms with Crippen LogP contribution in [-0.2, 0) is 9.53 Å². The molecule has 0 N–H and O–H groups in total. The van der Waals surface area contributed by atoms with E-state index in [1.165, 1.54) is 12.8 Å². The first kappa shape index (κ1) is 11.8. The zero-order chi connectivity index (χ0) is 11.4. The second-order valence-electron chi connectivity index (χ2n) is 5.06. The van der Waals surface area contributed by atoms with Gasteiger partial charge in [0.05, 0.1) is 0 Å². The summed E-state index contributed by atoms with van der Waals surface area (Å²) in [6.45, 7) is 0. The Balaban J connectivity index is 2.13. The Morgan fingerprint density at radius 3 is 2.50 bits per heavy atom. The highest BCUT2D eigenvalue weighted by Crippen LogP contribution is 2.35. The van der Waals surface area contributed by atoms with E-state index in [-0.39, 0.29) is 5.78 Å². The van der Waals surface area contributed by atoms with Crippen molar-refractivity contribution in [2.75, 3.05) is 7.11 Å². The van der Waals surface area contributed by atoms with Gasteiger partial charge in [-0.05, 0) is 44.1 Å². The predicted molar refractivity (Wildman–Crippen MR) is 64.4 cm³/mol. The SMILES string of the molecule is COC1(C(=O)C2=CCCCC2)CCCCC1. The van der Waals surface area contributed by atoms with E-state index in [9.17, 15) is 4.79 Å². The molecule has 2 aliphatic carbocycles. The van der Waals surface area contributed by atoms with Gasteiger partial charge in [0.2, 0.25) is 0 Å². The molecule has 0 radical (unpaired) electrons. The molecular formula is C14H22O2. The summed E-state index contributed by atoms with van der Waals surface area (Å²) >= 11 is 0. The Bertz CT molecular complexity index is 285. The topological polar surface area (TPSA) is 26.3 Å². The third-order valence-electron chi connectivity index (χ3n) is 4.05. The maximum Gasteiger partial charge on any atom is 0.190 e. The maximum atomic E-state index is 12.5. The Morgan fingerprint density at radius 1 is 1.19 bits per heavy atom. The zero-order valence-corrected chi connectivity index (χ0v) is 10.3. The number of carbonyl (C=O) groups excluding carboxylic acids is 1. The number of ether oxygens (including phenoxy) is 1. The second-order valence-corrected chi connectivity index (χ2v) is 5.06. The van der Waals surface area contributed by atoms with E-state index in [0.717, 1.165) is 50.5 Å². The molecule has 90 valence electrons. The van der Waals surface area contributed by atoms with E-state index < -0.39 is 5.60 Å². The van der Waals surface area contributed by atoms with Gasteiger partial charge in [0.15, 0.2) is 5.78 Å². The van der Waals surface area contributed by atoms with Gasteiger partial charge in [-0.1, -0.05) is 25.3 Å². The van der Waals surface area contributed by atoms with E-state index in [2.05, 4.69) is 6.08 Å². The van der Waals surface area contributed by atoms with Crippen molar-refractivity contribution in [1.82, 2.24) is 0 Å². The number of rotatable bonds is 3. The van der Waals surface area contributed by atoms with Gasteiger partial charge in [-0.2, -0.15) is 0 Å². The van der Waals surface area contributed by atoms with E-state index >= 15 is 0 Å². The molecule has 0 aromatic rings. The van der Waals surface area contributed by atoms with Gasteiger partial charge in [0, 0.05) is 7.11 Å². The summed E-state index contributed by atoms with van der Waals surface area (Å²) in [5.41, 5.74) is 0.566. The average molecular weight is 222 g/mol. The van der Waals surface area contributed by atoms with Gasteiger partial charge >= 0.3 is 0 Å². The summed E-state index contributed by atoms with van der Waals surface area (Å²) in [4.78, 5) is 12.5. The van der Waals surface area contributed by atoms with Crippen LogP contribution < -0.4 is 0 Å². The van der Waals surface area contributed by atoms with Crippen LogP contribution in [0.25, 0.3) is 0 Å². The Hall–Kier alpha value is -0.630. The molecule has 0 spiro atoms. The van der Waals surface area contributed by atoms with Crippen molar-refractivity contribution in [2.45, 2.75) is 63.4 Å². The van der Waals surface area contributed by atoms with Crippen molar-refractivity contribution in [2.24, 2.45) is 0 Å². The van der Waals surface area contributed by atoms with Gasteiger partial charge in [0.1, 0.15) is 5.60 Å². The molecule has 2 nitrogen and oxygen atoms in total. The van der Waals surface area contributed by atoms with E-state index in [1.807, 2.05) is 0 Å². The van der Waals surface area contributed by atoms with E-state index in [4.69, 9.17) is 4.74 Å². The molecule has 0 aliphatic heterocycles. The maximum absolute atomic E-state index is 12.5. The predicted octanol–water partition coefficient (Wildman–Crippen LogP) is 3.41. The minimum Gasteiger partial charge on any atom is -0.370 e. The van der Waals surface area contributed by atoms with Gasteiger partial charge < -0.3 is 4.74 Å². The lowest BCUT2D eigenvalue weighted by Crippen LogP contribution is -2.43. The third-order valence-corrected chi connectivity index (χ3v) is 4.05. The minimum absolute atomic E-state index is 0.286. The zero-order valence-electron chi connectivity index (χ0n) is 10.3. The van der Waals surface area contributed by atoms with Crippen LogP contribution in [0.15, 0.2) is 11.6 Å². The molecule has 0 unspecified atom stereocenters. The van der Waals surface area contributed by atoms with Gasteiger partial charge in [-0.3, -0.25) is 4.79 Å². The van der Waals surface area contributed by atoms with Crippen LogP contribution in [0.1, 0.15) is 57.8 Å². The molecule has 0 saturated heterocycles. The fourth-order valence-corrected chi connectivity index (χ4v) is 2.98. The van der Waals surface area contributed by atoms with Crippen LogP contribution in [-0.4, -0.2) is 18.5 Å². The third kappa shape index (κ3) is 2.22. The monoisotopic (exact) mass is 222 g/mol. The van der Waals surface area contributed by atoms with Crippen molar-refractivity contribution >= 4 is 5.78 Å². The molecule has 1 fully saturated rings. The molecule has 0 bridgehead atoms. The molecule has 0 aromatic carbocycles. The highest BCUT2D eigenvalue weighted by molar-refractivity contribution is 6.02. The summed E-state index contributed by atoms with van der Waals surface area (Å²) in [5.74, 6) is 0.286. The lowest BCUT2D eigenvalue weighted by Gasteiger charge is -2.35. The first-order chi connectivity index (χ1) is 7.78. The summed E-state index contributed by atoms with van der Waals surface area (Å²) in [5, 5.41) is 0. The largest absolute Gasteiger partial charge is 0.370 e. The number of allylic oxidation sites excluding steroid dienone is 1. The number of Topliss-reactive ketones (excluding diaryl/α,β-unsaturated/α-hetero) is 1. The fraction of sp³-hybridized carbons (Fsp3) is 0.786. The summed E-state index contributed by atoms with van der Waals surface area (Å²) in [7, 11) is 1.70. The number of methoxy groups -OCH3 is 1. The normalized spacial score (nSPS) is 24.9. The Kier molecular flexibility index (Phi) is 3.80. The van der Waals surface area contributed by atoms with Crippen molar-refractivity contribution in [3.63, 3.8) is 0 Å². The molecular weight excluding hydrogens is 200 g/mol. The second kappa shape index (κ2) is 5.13. The number of hydrogen-bond acceptors (Lipinski definition) is 2. The van der Waals surface area contributed by atoms with E-state index in [1.54, 1.807) is 7.11 Å². The highest BCUT2D eigenvalue weighted by Gasteiger charge is 2.40. The smallest absolute Gasteiger partial charge is 0.190 e. The van der Waals surface area contributed by atoms with Gasteiger partial charge in [0.25, 0.3) is 0 Å². The lowest BCUT2D eigenvalue weighted by molar-refractivity contribution is -0.141. The first-order valence-electron chi connectivity index (χ1n) is 6.57.